The Kier molecular flexibility index (Phi) is 5.19. The SMILES string of the molecule is CCOc1ccccc1-c1noc(CN2CCCC(c3nc4ccccc4o3)C2)n1. The van der Waals surface area contributed by atoms with Crippen molar-refractivity contribution in [1.29, 1.82) is 0 Å². The topological polar surface area (TPSA) is 77.4 Å². The lowest BCUT2D eigenvalue weighted by molar-refractivity contribution is 0.167. The van der Waals surface area contributed by atoms with Gasteiger partial charge in [-0.1, -0.05) is 29.4 Å². The van der Waals surface area contributed by atoms with E-state index in [0.29, 0.717) is 24.9 Å². The van der Waals surface area contributed by atoms with Crippen molar-refractivity contribution in [1.82, 2.24) is 20.0 Å². The Morgan fingerprint density at radius 3 is 2.87 bits per heavy atom. The highest BCUT2D eigenvalue weighted by Gasteiger charge is 2.26. The molecule has 3 heterocycles. The second kappa shape index (κ2) is 8.28. The molecule has 0 radical (unpaired) electrons. The molecule has 1 fully saturated rings. The number of hydrogen-bond donors (Lipinski definition) is 0. The summed E-state index contributed by atoms with van der Waals surface area (Å²) in [6.45, 7) is 5.01. The zero-order valence-electron chi connectivity index (χ0n) is 17.0. The van der Waals surface area contributed by atoms with Crippen molar-refractivity contribution in [3.8, 4) is 17.1 Å². The fraction of sp³-hybridized carbons (Fsp3) is 0.348. The average Bonchev–Trinajstić information content (AvgIpc) is 3.42. The zero-order chi connectivity index (χ0) is 20.3. The van der Waals surface area contributed by atoms with Gasteiger partial charge in [-0.3, -0.25) is 4.90 Å². The largest absolute Gasteiger partial charge is 0.493 e. The number of ether oxygens (including phenoxy) is 1. The Morgan fingerprint density at radius 2 is 1.97 bits per heavy atom. The van der Waals surface area contributed by atoms with Crippen LogP contribution in [-0.4, -0.2) is 39.7 Å². The molecular formula is C23H24N4O3. The number of likely N-dealkylation sites (tertiary alicyclic amines) is 1. The third kappa shape index (κ3) is 3.80. The second-order valence-corrected chi connectivity index (χ2v) is 7.53. The molecule has 5 rings (SSSR count). The maximum atomic E-state index is 6.00. The molecule has 0 amide bonds. The number of para-hydroxylation sites is 3. The third-order valence-corrected chi connectivity index (χ3v) is 5.42. The van der Waals surface area contributed by atoms with E-state index in [2.05, 4.69) is 15.0 Å². The Hall–Kier alpha value is -3.19. The number of hydrogen-bond acceptors (Lipinski definition) is 7. The molecule has 7 heteroatoms. The zero-order valence-corrected chi connectivity index (χ0v) is 17.0. The molecule has 0 saturated carbocycles. The summed E-state index contributed by atoms with van der Waals surface area (Å²) in [5, 5.41) is 4.18. The fourth-order valence-electron chi connectivity index (χ4n) is 4.02. The van der Waals surface area contributed by atoms with E-state index >= 15 is 0 Å². The predicted molar refractivity (Wildman–Crippen MR) is 112 cm³/mol. The Morgan fingerprint density at radius 1 is 1.10 bits per heavy atom. The first-order chi connectivity index (χ1) is 14.8. The fourth-order valence-corrected chi connectivity index (χ4v) is 4.02. The number of piperidine rings is 1. The van der Waals surface area contributed by atoms with Gasteiger partial charge in [-0.05, 0) is 50.6 Å². The van der Waals surface area contributed by atoms with Crippen LogP contribution in [0.2, 0.25) is 0 Å². The lowest BCUT2D eigenvalue weighted by atomic mass is 9.98. The monoisotopic (exact) mass is 404 g/mol. The Balaban J connectivity index is 1.29. The van der Waals surface area contributed by atoms with Crippen molar-refractivity contribution in [2.45, 2.75) is 32.2 Å². The Bertz CT molecular complexity index is 1100. The highest BCUT2D eigenvalue weighted by Crippen LogP contribution is 2.31. The van der Waals surface area contributed by atoms with Crippen LogP contribution < -0.4 is 4.74 Å². The van der Waals surface area contributed by atoms with Crippen LogP contribution in [0.4, 0.5) is 0 Å². The van der Waals surface area contributed by atoms with Crippen molar-refractivity contribution in [3.05, 3.63) is 60.3 Å². The summed E-state index contributed by atoms with van der Waals surface area (Å²) in [4.78, 5) is 11.6. The van der Waals surface area contributed by atoms with E-state index in [9.17, 15) is 0 Å². The van der Waals surface area contributed by atoms with Crippen molar-refractivity contribution in [3.63, 3.8) is 0 Å². The van der Waals surface area contributed by atoms with Crippen molar-refractivity contribution < 1.29 is 13.7 Å². The number of benzene rings is 2. The van der Waals surface area contributed by atoms with Gasteiger partial charge in [0, 0.05) is 12.5 Å². The molecule has 1 unspecified atom stereocenters. The molecule has 0 spiro atoms. The smallest absolute Gasteiger partial charge is 0.241 e. The van der Waals surface area contributed by atoms with Gasteiger partial charge in [-0.25, -0.2) is 4.98 Å². The van der Waals surface area contributed by atoms with Crippen LogP contribution in [-0.2, 0) is 6.54 Å². The van der Waals surface area contributed by atoms with Crippen molar-refractivity contribution in [2.75, 3.05) is 19.7 Å². The van der Waals surface area contributed by atoms with E-state index in [0.717, 1.165) is 54.2 Å². The molecule has 0 bridgehead atoms. The summed E-state index contributed by atoms with van der Waals surface area (Å²) in [6.07, 6.45) is 2.15. The molecule has 7 nitrogen and oxygen atoms in total. The third-order valence-electron chi connectivity index (χ3n) is 5.42. The quantitative estimate of drug-likeness (QED) is 0.463. The maximum absolute atomic E-state index is 6.00. The van der Waals surface area contributed by atoms with Gasteiger partial charge in [0.25, 0.3) is 0 Å². The summed E-state index contributed by atoms with van der Waals surface area (Å²) in [5.41, 5.74) is 2.61. The minimum atomic E-state index is 0.271. The van der Waals surface area contributed by atoms with Gasteiger partial charge in [0.1, 0.15) is 11.3 Å². The molecule has 1 aliphatic heterocycles. The van der Waals surface area contributed by atoms with E-state index in [4.69, 9.17) is 18.7 Å². The summed E-state index contributed by atoms with van der Waals surface area (Å²) < 4.78 is 17.2. The summed E-state index contributed by atoms with van der Waals surface area (Å²) >= 11 is 0. The lowest BCUT2D eigenvalue weighted by Gasteiger charge is -2.29. The van der Waals surface area contributed by atoms with Crippen LogP contribution in [0, 0.1) is 0 Å². The van der Waals surface area contributed by atoms with Crippen molar-refractivity contribution in [2.24, 2.45) is 0 Å². The van der Waals surface area contributed by atoms with Gasteiger partial charge >= 0.3 is 0 Å². The first-order valence-electron chi connectivity index (χ1n) is 10.4. The van der Waals surface area contributed by atoms with E-state index in [1.807, 2.05) is 55.5 Å². The molecule has 1 aliphatic rings. The van der Waals surface area contributed by atoms with Gasteiger partial charge in [-0.15, -0.1) is 0 Å². The van der Waals surface area contributed by atoms with E-state index in [1.165, 1.54) is 0 Å². The van der Waals surface area contributed by atoms with Gasteiger partial charge in [0.2, 0.25) is 11.7 Å². The molecule has 4 aromatic rings. The van der Waals surface area contributed by atoms with E-state index < -0.39 is 0 Å². The molecule has 0 aliphatic carbocycles. The highest BCUT2D eigenvalue weighted by atomic mass is 16.5. The van der Waals surface area contributed by atoms with E-state index in [1.54, 1.807) is 0 Å². The molecule has 2 aromatic heterocycles. The number of oxazole rings is 1. The van der Waals surface area contributed by atoms with Crippen LogP contribution in [0.5, 0.6) is 5.75 Å². The number of nitrogens with zero attached hydrogens (tertiary/aromatic N) is 4. The average molecular weight is 404 g/mol. The van der Waals surface area contributed by atoms with Crippen molar-refractivity contribution >= 4 is 11.1 Å². The molecule has 2 aromatic carbocycles. The Labute approximate surface area is 174 Å². The minimum absolute atomic E-state index is 0.271. The molecule has 30 heavy (non-hydrogen) atoms. The van der Waals surface area contributed by atoms with Gasteiger partial charge in [-0.2, -0.15) is 4.98 Å². The van der Waals surface area contributed by atoms with Crippen LogP contribution in [0.1, 0.15) is 37.5 Å². The summed E-state index contributed by atoms with van der Waals surface area (Å²) in [6, 6.07) is 15.7. The molecule has 1 atom stereocenters. The minimum Gasteiger partial charge on any atom is -0.493 e. The van der Waals surface area contributed by atoms with Gasteiger partial charge < -0.3 is 13.7 Å². The van der Waals surface area contributed by atoms with Crippen LogP contribution >= 0.6 is 0 Å². The van der Waals surface area contributed by atoms with E-state index in [-0.39, 0.29) is 5.92 Å². The van der Waals surface area contributed by atoms with Gasteiger partial charge in [0.15, 0.2) is 11.5 Å². The number of fused-ring (bicyclic) bond motifs is 1. The molecular weight excluding hydrogens is 380 g/mol. The normalized spacial score (nSPS) is 17.4. The first-order valence-corrected chi connectivity index (χ1v) is 10.4. The molecule has 0 N–H and O–H groups in total. The summed E-state index contributed by atoms with van der Waals surface area (Å²) in [7, 11) is 0. The highest BCUT2D eigenvalue weighted by molar-refractivity contribution is 5.72. The standard InChI is InChI=1S/C23H24N4O3/c1-2-28-19-11-5-3-9-17(19)22-25-21(30-26-22)15-27-13-7-8-16(14-27)23-24-18-10-4-6-12-20(18)29-23/h3-6,9-12,16H,2,7-8,13-15H2,1H3. The number of rotatable bonds is 6. The molecule has 1 saturated heterocycles. The van der Waals surface area contributed by atoms with Crippen LogP contribution in [0.3, 0.4) is 0 Å². The van der Waals surface area contributed by atoms with Gasteiger partial charge in [0.05, 0.1) is 18.7 Å². The molecule has 154 valence electrons. The van der Waals surface area contributed by atoms with Crippen LogP contribution in [0.15, 0.2) is 57.5 Å². The van der Waals surface area contributed by atoms with Crippen LogP contribution in [0.25, 0.3) is 22.5 Å². The summed E-state index contributed by atoms with van der Waals surface area (Å²) in [5.74, 6) is 3.02. The first kappa shape index (κ1) is 18.8. The second-order valence-electron chi connectivity index (χ2n) is 7.53. The maximum Gasteiger partial charge on any atom is 0.241 e. The predicted octanol–water partition coefficient (Wildman–Crippen LogP) is 4.66. The lowest BCUT2D eigenvalue weighted by Crippen LogP contribution is -2.34. The number of aromatic nitrogens is 3.